The zero-order valence-corrected chi connectivity index (χ0v) is 10.1. The zero-order valence-electron chi connectivity index (χ0n) is 10.1. The van der Waals surface area contributed by atoms with Crippen LogP contribution in [0.4, 0.5) is 0 Å². The molecule has 0 aromatic heterocycles. The third-order valence-corrected chi connectivity index (χ3v) is 2.22. The Kier molecular flexibility index (Phi) is 2.70. The van der Waals surface area contributed by atoms with Crippen LogP contribution in [0.5, 0.6) is 0 Å². The molecule has 0 saturated carbocycles. The number of rotatable bonds is 0. The van der Waals surface area contributed by atoms with Crippen molar-refractivity contribution in [1.29, 1.82) is 0 Å². The summed E-state index contributed by atoms with van der Waals surface area (Å²) in [5.74, 6) is 1.13. The van der Waals surface area contributed by atoms with E-state index >= 15 is 0 Å². The quantitative estimate of drug-likeness (QED) is 0.583. The summed E-state index contributed by atoms with van der Waals surface area (Å²) in [5, 5.41) is 0. The van der Waals surface area contributed by atoms with Crippen molar-refractivity contribution in [1.82, 2.24) is 4.90 Å². The molecule has 80 valence electrons. The Labute approximate surface area is 86.9 Å². The van der Waals surface area contributed by atoms with Gasteiger partial charge in [-0.15, -0.1) is 0 Å². The van der Waals surface area contributed by atoms with Gasteiger partial charge in [-0.25, -0.2) is 4.99 Å². The lowest BCUT2D eigenvalue weighted by Gasteiger charge is -2.42. The first kappa shape index (κ1) is 11.2. The minimum Gasteiger partial charge on any atom is -0.335 e. The number of nitrogens with zero attached hydrogens (tertiary/aromatic N) is 3. The maximum atomic E-state index is 4.40. The van der Waals surface area contributed by atoms with E-state index in [-0.39, 0.29) is 11.0 Å². The summed E-state index contributed by atoms with van der Waals surface area (Å²) in [6.07, 6.45) is 1.67. The number of amidine groups is 1. The van der Waals surface area contributed by atoms with Crippen LogP contribution in [0, 0.1) is 5.41 Å². The molecular weight excluding hydrogens is 174 g/mol. The highest BCUT2D eigenvalue weighted by molar-refractivity contribution is 5.94. The molecule has 0 aliphatic carbocycles. The van der Waals surface area contributed by atoms with Crippen molar-refractivity contribution in [3.63, 3.8) is 0 Å². The standard InChI is InChI=1S/C11H21N3/c1-10(2,3)9-13-7-12-8-14(9)11(4,5)6/h7H,8H2,1-6H3. The van der Waals surface area contributed by atoms with Crippen molar-refractivity contribution >= 4 is 12.2 Å². The molecular formula is C11H21N3. The van der Waals surface area contributed by atoms with Gasteiger partial charge in [0.25, 0.3) is 0 Å². The molecule has 0 atom stereocenters. The molecule has 0 radical (unpaired) electrons. The number of aliphatic imine (C=N–C) groups is 2. The van der Waals surface area contributed by atoms with Gasteiger partial charge in [0.05, 0.1) is 0 Å². The predicted molar refractivity (Wildman–Crippen MR) is 61.8 cm³/mol. The Morgan fingerprint density at radius 3 is 2.07 bits per heavy atom. The monoisotopic (exact) mass is 195 g/mol. The van der Waals surface area contributed by atoms with E-state index in [1.165, 1.54) is 0 Å². The van der Waals surface area contributed by atoms with Gasteiger partial charge in [0.1, 0.15) is 18.8 Å². The van der Waals surface area contributed by atoms with E-state index in [1.807, 2.05) is 0 Å². The first-order valence-electron chi connectivity index (χ1n) is 5.07. The second kappa shape index (κ2) is 3.37. The van der Waals surface area contributed by atoms with E-state index in [0.29, 0.717) is 0 Å². The summed E-state index contributed by atoms with van der Waals surface area (Å²) in [5.41, 5.74) is 0.170. The first-order chi connectivity index (χ1) is 6.23. The molecule has 0 saturated heterocycles. The normalized spacial score (nSPS) is 18.4. The van der Waals surface area contributed by atoms with Crippen LogP contribution in [0.2, 0.25) is 0 Å². The molecule has 0 fully saturated rings. The van der Waals surface area contributed by atoms with Gasteiger partial charge in [-0.3, -0.25) is 4.99 Å². The van der Waals surface area contributed by atoms with Crippen LogP contribution in [0.15, 0.2) is 9.98 Å². The van der Waals surface area contributed by atoms with Crippen molar-refractivity contribution in [2.75, 3.05) is 6.67 Å². The fourth-order valence-corrected chi connectivity index (χ4v) is 1.48. The van der Waals surface area contributed by atoms with Crippen LogP contribution in [0.3, 0.4) is 0 Å². The molecule has 14 heavy (non-hydrogen) atoms. The van der Waals surface area contributed by atoms with Crippen LogP contribution in [-0.4, -0.2) is 29.3 Å². The molecule has 0 N–H and O–H groups in total. The molecule has 0 amide bonds. The molecule has 1 heterocycles. The van der Waals surface area contributed by atoms with Gasteiger partial charge in [0.15, 0.2) is 0 Å². The minimum atomic E-state index is 0.0831. The van der Waals surface area contributed by atoms with Gasteiger partial charge in [-0.2, -0.15) is 0 Å². The average Bonchev–Trinajstić information content (AvgIpc) is 2.01. The maximum absolute atomic E-state index is 4.40. The van der Waals surface area contributed by atoms with E-state index in [9.17, 15) is 0 Å². The largest absolute Gasteiger partial charge is 0.335 e. The molecule has 1 aliphatic heterocycles. The summed E-state index contributed by atoms with van der Waals surface area (Å²) >= 11 is 0. The molecule has 3 heteroatoms. The average molecular weight is 195 g/mol. The van der Waals surface area contributed by atoms with Crippen LogP contribution < -0.4 is 0 Å². The summed E-state index contributed by atoms with van der Waals surface area (Å²) in [7, 11) is 0. The maximum Gasteiger partial charge on any atom is 0.114 e. The van der Waals surface area contributed by atoms with Crippen LogP contribution >= 0.6 is 0 Å². The van der Waals surface area contributed by atoms with E-state index < -0.39 is 0 Å². The Morgan fingerprint density at radius 2 is 1.71 bits per heavy atom. The minimum absolute atomic E-state index is 0.0831. The third-order valence-electron chi connectivity index (χ3n) is 2.22. The van der Waals surface area contributed by atoms with E-state index in [2.05, 4.69) is 56.4 Å². The third kappa shape index (κ3) is 2.34. The Bertz CT molecular complexity index is 263. The second-order valence-corrected chi connectivity index (χ2v) is 5.74. The zero-order chi connectivity index (χ0) is 11.0. The smallest absolute Gasteiger partial charge is 0.114 e. The summed E-state index contributed by atoms with van der Waals surface area (Å²) in [6.45, 7) is 13.8. The van der Waals surface area contributed by atoms with Gasteiger partial charge in [-0.05, 0) is 20.8 Å². The van der Waals surface area contributed by atoms with Gasteiger partial charge in [0, 0.05) is 11.0 Å². The van der Waals surface area contributed by atoms with Crippen LogP contribution in [0.1, 0.15) is 41.5 Å². The van der Waals surface area contributed by atoms with Crippen molar-refractivity contribution in [2.45, 2.75) is 47.1 Å². The summed E-state index contributed by atoms with van der Waals surface area (Å²) < 4.78 is 0. The van der Waals surface area contributed by atoms with Crippen molar-refractivity contribution in [3.8, 4) is 0 Å². The van der Waals surface area contributed by atoms with Gasteiger partial charge >= 0.3 is 0 Å². The van der Waals surface area contributed by atoms with Gasteiger partial charge in [-0.1, -0.05) is 20.8 Å². The fraction of sp³-hybridized carbons (Fsp3) is 0.818. The molecule has 0 bridgehead atoms. The van der Waals surface area contributed by atoms with E-state index in [4.69, 9.17) is 0 Å². The molecule has 0 aromatic carbocycles. The highest BCUT2D eigenvalue weighted by Gasteiger charge is 2.32. The van der Waals surface area contributed by atoms with Crippen LogP contribution in [0.25, 0.3) is 0 Å². The van der Waals surface area contributed by atoms with Crippen molar-refractivity contribution < 1.29 is 0 Å². The SMILES string of the molecule is CC(C)(C)C1=NC=NCN1C(C)(C)C. The Balaban J connectivity index is 3.00. The highest BCUT2D eigenvalue weighted by Crippen LogP contribution is 2.26. The molecule has 1 rings (SSSR count). The van der Waals surface area contributed by atoms with Gasteiger partial charge in [0.2, 0.25) is 0 Å². The fourth-order valence-electron chi connectivity index (χ4n) is 1.48. The lowest BCUT2D eigenvalue weighted by atomic mass is 9.91. The Morgan fingerprint density at radius 1 is 1.14 bits per heavy atom. The molecule has 0 spiro atoms. The molecule has 3 nitrogen and oxygen atoms in total. The topological polar surface area (TPSA) is 28.0 Å². The highest BCUT2D eigenvalue weighted by atomic mass is 15.3. The molecule has 0 aromatic rings. The number of hydrogen-bond acceptors (Lipinski definition) is 3. The van der Waals surface area contributed by atoms with Crippen molar-refractivity contribution in [3.05, 3.63) is 0 Å². The lowest BCUT2D eigenvalue weighted by molar-refractivity contribution is 0.221. The summed E-state index contributed by atoms with van der Waals surface area (Å²) in [4.78, 5) is 10.9. The van der Waals surface area contributed by atoms with Crippen molar-refractivity contribution in [2.24, 2.45) is 15.4 Å². The van der Waals surface area contributed by atoms with Gasteiger partial charge < -0.3 is 4.90 Å². The van der Waals surface area contributed by atoms with E-state index in [1.54, 1.807) is 6.34 Å². The summed E-state index contributed by atoms with van der Waals surface area (Å²) in [6, 6.07) is 0. The predicted octanol–water partition coefficient (Wildman–Crippen LogP) is 2.53. The lowest BCUT2D eigenvalue weighted by Crippen LogP contribution is -2.51. The number of hydrogen-bond donors (Lipinski definition) is 0. The molecule has 1 aliphatic rings. The van der Waals surface area contributed by atoms with Crippen LogP contribution in [-0.2, 0) is 0 Å². The second-order valence-electron chi connectivity index (χ2n) is 5.74. The Hall–Kier alpha value is -0.860. The van der Waals surface area contributed by atoms with E-state index in [0.717, 1.165) is 12.5 Å². The first-order valence-corrected chi connectivity index (χ1v) is 5.07. The molecule has 0 unspecified atom stereocenters.